The van der Waals surface area contributed by atoms with Crippen molar-refractivity contribution < 1.29 is 14.1 Å². The topological polar surface area (TPSA) is 77.2 Å². The average molecular weight is 340 g/mol. The number of carbonyl (C=O) groups is 1. The van der Waals surface area contributed by atoms with E-state index in [9.17, 15) is 4.79 Å². The molecule has 2 rings (SSSR count). The van der Waals surface area contributed by atoms with Crippen molar-refractivity contribution in [2.24, 2.45) is 0 Å². The molecular formula is C13H14BrN3O3. The van der Waals surface area contributed by atoms with E-state index in [4.69, 9.17) is 9.26 Å². The lowest BCUT2D eigenvalue weighted by molar-refractivity contribution is 0.0949. The summed E-state index contributed by atoms with van der Waals surface area (Å²) in [6, 6.07) is 5.11. The highest BCUT2D eigenvalue weighted by Gasteiger charge is 2.10. The zero-order valence-electron chi connectivity index (χ0n) is 11.1. The first-order valence-corrected chi connectivity index (χ1v) is 6.86. The number of aromatic nitrogens is 2. The molecule has 0 radical (unpaired) electrons. The van der Waals surface area contributed by atoms with Gasteiger partial charge in [0.1, 0.15) is 5.75 Å². The highest BCUT2D eigenvalue weighted by molar-refractivity contribution is 9.10. The molecule has 106 valence electrons. The second-order valence-electron chi connectivity index (χ2n) is 3.99. The quantitative estimate of drug-likeness (QED) is 0.904. The minimum atomic E-state index is -0.212. The summed E-state index contributed by atoms with van der Waals surface area (Å²) >= 11 is 3.34. The summed E-state index contributed by atoms with van der Waals surface area (Å²) in [5.41, 5.74) is 0.525. The molecule has 0 bridgehead atoms. The Morgan fingerprint density at radius 2 is 2.30 bits per heavy atom. The van der Waals surface area contributed by atoms with Crippen LogP contribution in [-0.4, -0.2) is 23.2 Å². The molecule has 0 fully saturated rings. The van der Waals surface area contributed by atoms with E-state index in [-0.39, 0.29) is 12.5 Å². The Balaban J connectivity index is 1.99. The Morgan fingerprint density at radius 1 is 1.50 bits per heavy atom. The van der Waals surface area contributed by atoms with E-state index in [1.807, 2.05) is 6.92 Å². The monoisotopic (exact) mass is 339 g/mol. The van der Waals surface area contributed by atoms with Crippen molar-refractivity contribution >= 4 is 21.8 Å². The van der Waals surface area contributed by atoms with E-state index < -0.39 is 0 Å². The maximum Gasteiger partial charge on any atom is 0.251 e. The number of hydrogen-bond donors (Lipinski definition) is 1. The minimum absolute atomic E-state index is 0.212. The number of benzene rings is 1. The molecule has 1 aromatic carbocycles. The average Bonchev–Trinajstić information content (AvgIpc) is 2.92. The molecule has 0 aliphatic heterocycles. The molecule has 1 amide bonds. The maximum absolute atomic E-state index is 12.0. The van der Waals surface area contributed by atoms with Gasteiger partial charge in [-0.15, -0.1) is 0 Å². The van der Waals surface area contributed by atoms with Crippen LogP contribution in [0.2, 0.25) is 0 Å². The Hall–Kier alpha value is -1.89. The van der Waals surface area contributed by atoms with Crippen LogP contribution in [0.15, 0.2) is 27.2 Å². The van der Waals surface area contributed by atoms with Gasteiger partial charge in [0.2, 0.25) is 5.89 Å². The molecular weight excluding hydrogens is 326 g/mol. The Kier molecular flexibility index (Phi) is 4.73. The number of nitrogens with one attached hydrogen (secondary N) is 1. The van der Waals surface area contributed by atoms with E-state index in [0.29, 0.717) is 29.4 Å². The van der Waals surface area contributed by atoms with Crippen molar-refractivity contribution in [1.29, 1.82) is 0 Å². The Bertz CT molecular complexity index is 613. The Labute approximate surface area is 124 Å². The van der Waals surface area contributed by atoms with Crippen LogP contribution >= 0.6 is 15.9 Å². The third kappa shape index (κ3) is 3.36. The molecule has 7 heteroatoms. The van der Waals surface area contributed by atoms with Gasteiger partial charge in [-0.3, -0.25) is 4.79 Å². The third-order valence-electron chi connectivity index (χ3n) is 2.63. The van der Waals surface area contributed by atoms with Gasteiger partial charge in [-0.2, -0.15) is 4.98 Å². The van der Waals surface area contributed by atoms with E-state index in [1.54, 1.807) is 25.3 Å². The predicted molar refractivity (Wildman–Crippen MR) is 75.5 cm³/mol. The van der Waals surface area contributed by atoms with Gasteiger partial charge in [-0.1, -0.05) is 12.1 Å². The van der Waals surface area contributed by atoms with Crippen molar-refractivity contribution in [2.45, 2.75) is 19.9 Å². The molecule has 0 aliphatic carbocycles. The van der Waals surface area contributed by atoms with Crippen molar-refractivity contribution in [3.63, 3.8) is 0 Å². The summed E-state index contributed by atoms with van der Waals surface area (Å²) in [5, 5.41) is 6.50. The first-order valence-electron chi connectivity index (χ1n) is 6.07. The molecule has 2 aromatic rings. The maximum atomic E-state index is 12.0. The fraction of sp³-hybridized carbons (Fsp3) is 0.308. The first-order chi connectivity index (χ1) is 9.63. The minimum Gasteiger partial charge on any atom is -0.496 e. The van der Waals surface area contributed by atoms with Gasteiger partial charge in [-0.05, 0) is 34.1 Å². The second kappa shape index (κ2) is 6.51. The smallest absolute Gasteiger partial charge is 0.251 e. The standard InChI is InChI=1S/C13H14BrN3O3/c1-3-12-16-11(17-20-12)7-15-13(18)8-4-5-10(19-2)9(14)6-8/h4-6H,3,7H2,1-2H3,(H,15,18). The van der Waals surface area contributed by atoms with Crippen molar-refractivity contribution in [2.75, 3.05) is 7.11 Å². The number of aryl methyl sites for hydroxylation is 1. The summed E-state index contributed by atoms with van der Waals surface area (Å²) in [4.78, 5) is 16.1. The molecule has 0 saturated carbocycles. The number of ether oxygens (including phenoxy) is 1. The lowest BCUT2D eigenvalue weighted by Gasteiger charge is -2.06. The van der Waals surface area contributed by atoms with E-state index in [2.05, 4.69) is 31.4 Å². The molecule has 1 aromatic heterocycles. The van der Waals surface area contributed by atoms with Crippen LogP contribution in [-0.2, 0) is 13.0 Å². The molecule has 1 N–H and O–H groups in total. The summed E-state index contributed by atoms with van der Waals surface area (Å²) < 4.78 is 10.8. The SMILES string of the molecule is CCc1nc(CNC(=O)c2ccc(OC)c(Br)c2)no1. The fourth-order valence-corrected chi connectivity index (χ4v) is 2.12. The molecule has 0 aliphatic rings. The number of methoxy groups -OCH3 is 1. The second-order valence-corrected chi connectivity index (χ2v) is 4.84. The highest BCUT2D eigenvalue weighted by atomic mass is 79.9. The van der Waals surface area contributed by atoms with E-state index in [1.165, 1.54) is 0 Å². The van der Waals surface area contributed by atoms with Crippen molar-refractivity contribution in [1.82, 2.24) is 15.5 Å². The summed E-state index contributed by atoms with van der Waals surface area (Å²) in [5.74, 6) is 1.48. The number of halogens is 1. The fourth-order valence-electron chi connectivity index (χ4n) is 1.57. The number of nitrogens with zero attached hydrogens (tertiary/aromatic N) is 2. The number of carbonyl (C=O) groups excluding carboxylic acids is 1. The van der Waals surface area contributed by atoms with Crippen LogP contribution in [0, 0.1) is 0 Å². The zero-order valence-corrected chi connectivity index (χ0v) is 12.7. The zero-order chi connectivity index (χ0) is 14.5. The summed E-state index contributed by atoms with van der Waals surface area (Å²) in [6.45, 7) is 2.15. The lowest BCUT2D eigenvalue weighted by Crippen LogP contribution is -2.23. The normalized spacial score (nSPS) is 10.3. The first kappa shape index (κ1) is 14.5. The third-order valence-corrected chi connectivity index (χ3v) is 3.25. The van der Waals surface area contributed by atoms with Crippen molar-refractivity contribution in [3.8, 4) is 5.75 Å². The molecule has 20 heavy (non-hydrogen) atoms. The predicted octanol–water partition coefficient (Wildman–Crippen LogP) is 2.33. The van der Waals surface area contributed by atoms with Gasteiger partial charge in [0, 0.05) is 12.0 Å². The highest BCUT2D eigenvalue weighted by Crippen LogP contribution is 2.25. The van der Waals surface area contributed by atoms with E-state index in [0.717, 1.165) is 4.47 Å². The lowest BCUT2D eigenvalue weighted by atomic mass is 10.2. The summed E-state index contributed by atoms with van der Waals surface area (Å²) in [6.07, 6.45) is 0.673. The van der Waals surface area contributed by atoms with Crippen LogP contribution < -0.4 is 10.1 Å². The van der Waals surface area contributed by atoms with E-state index >= 15 is 0 Å². The van der Waals surface area contributed by atoms with Crippen LogP contribution in [0.5, 0.6) is 5.75 Å². The number of amides is 1. The molecule has 0 atom stereocenters. The van der Waals surface area contributed by atoms with Gasteiger partial charge in [0.15, 0.2) is 5.82 Å². The van der Waals surface area contributed by atoms with Gasteiger partial charge in [0.05, 0.1) is 18.1 Å². The van der Waals surface area contributed by atoms with Crippen LogP contribution in [0.3, 0.4) is 0 Å². The van der Waals surface area contributed by atoms with Gasteiger partial charge >= 0.3 is 0 Å². The van der Waals surface area contributed by atoms with Crippen LogP contribution in [0.4, 0.5) is 0 Å². The molecule has 0 unspecified atom stereocenters. The summed E-state index contributed by atoms with van der Waals surface area (Å²) in [7, 11) is 1.57. The van der Waals surface area contributed by atoms with Crippen LogP contribution in [0.25, 0.3) is 0 Å². The van der Waals surface area contributed by atoms with Crippen LogP contribution in [0.1, 0.15) is 29.0 Å². The number of rotatable bonds is 5. The molecule has 6 nitrogen and oxygen atoms in total. The van der Waals surface area contributed by atoms with Gasteiger partial charge in [-0.25, -0.2) is 0 Å². The Morgan fingerprint density at radius 3 is 2.90 bits per heavy atom. The molecule has 0 saturated heterocycles. The molecule has 0 spiro atoms. The number of hydrogen-bond acceptors (Lipinski definition) is 5. The van der Waals surface area contributed by atoms with Gasteiger partial charge in [0.25, 0.3) is 5.91 Å². The largest absolute Gasteiger partial charge is 0.496 e. The van der Waals surface area contributed by atoms with Gasteiger partial charge < -0.3 is 14.6 Å². The van der Waals surface area contributed by atoms with Crippen molar-refractivity contribution in [3.05, 3.63) is 40.0 Å². The molecule has 1 heterocycles.